The highest BCUT2D eigenvalue weighted by molar-refractivity contribution is 5.48. The number of hydrogen-bond donors (Lipinski definition) is 0. The third-order valence-corrected chi connectivity index (χ3v) is 2.65. The molecule has 0 spiro atoms. The molecule has 0 saturated heterocycles. The second kappa shape index (κ2) is 4.41. The molecule has 76 valence electrons. The monoisotopic (exact) mass is 189 g/mol. The van der Waals surface area contributed by atoms with Crippen molar-refractivity contribution >= 4 is 11.1 Å². The van der Waals surface area contributed by atoms with Crippen LogP contribution in [0.3, 0.4) is 0 Å². The van der Waals surface area contributed by atoms with Gasteiger partial charge in [-0.2, -0.15) is 0 Å². The summed E-state index contributed by atoms with van der Waals surface area (Å²) in [6, 6.07) is 2.11. The lowest BCUT2D eigenvalue weighted by Gasteiger charge is -2.05. The van der Waals surface area contributed by atoms with E-state index < -0.39 is 0 Å². The zero-order valence-corrected chi connectivity index (χ0v) is 9.76. The van der Waals surface area contributed by atoms with E-state index in [-0.39, 0.29) is 0 Å². The molecule has 1 heteroatoms. The van der Waals surface area contributed by atoms with Crippen LogP contribution in [-0.2, 0) is 0 Å². The average molecular weight is 189 g/mol. The van der Waals surface area contributed by atoms with Crippen LogP contribution in [0, 0.1) is 5.92 Å². The van der Waals surface area contributed by atoms with Crippen molar-refractivity contribution < 1.29 is 0 Å². The normalized spacial score (nSPS) is 13.0. The van der Waals surface area contributed by atoms with Crippen LogP contribution in [0.5, 0.6) is 0 Å². The van der Waals surface area contributed by atoms with Gasteiger partial charge >= 0.3 is 0 Å². The van der Waals surface area contributed by atoms with Crippen LogP contribution in [-0.4, -0.2) is 4.98 Å². The first kappa shape index (κ1) is 11.0. The molecule has 0 N–H and O–H groups in total. The zero-order chi connectivity index (χ0) is 10.7. The fourth-order valence-electron chi connectivity index (χ4n) is 1.45. The molecule has 0 aliphatic rings. The Labute approximate surface area is 86.2 Å². The Morgan fingerprint density at radius 3 is 2.29 bits per heavy atom. The van der Waals surface area contributed by atoms with Crippen molar-refractivity contribution in [3.63, 3.8) is 0 Å². The highest BCUT2D eigenvalue weighted by Crippen LogP contribution is 2.05. The predicted octanol–water partition coefficient (Wildman–Crippen LogP) is 2.10. The van der Waals surface area contributed by atoms with E-state index in [9.17, 15) is 0 Å². The van der Waals surface area contributed by atoms with Gasteiger partial charge in [-0.1, -0.05) is 25.0 Å². The van der Waals surface area contributed by atoms with Crippen LogP contribution in [0.1, 0.15) is 34.6 Å². The van der Waals surface area contributed by atoms with E-state index in [1.807, 2.05) is 12.4 Å². The van der Waals surface area contributed by atoms with Crippen LogP contribution in [0.2, 0.25) is 0 Å². The van der Waals surface area contributed by atoms with Gasteiger partial charge in [0.25, 0.3) is 0 Å². The van der Waals surface area contributed by atoms with Crippen molar-refractivity contribution in [1.82, 2.24) is 4.98 Å². The van der Waals surface area contributed by atoms with Gasteiger partial charge in [0.1, 0.15) is 0 Å². The summed E-state index contributed by atoms with van der Waals surface area (Å²) in [5.41, 5.74) is 2.76. The lowest BCUT2D eigenvalue weighted by atomic mass is 10.0. The first-order chi connectivity index (χ1) is 6.54. The van der Waals surface area contributed by atoms with Crippen molar-refractivity contribution in [2.24, 2.45) is 5.92 Å². The second-order valence-corrected chi connectivity index (χ2v) is 4.26. The lowest BCUT2D eigenvalue weighted by molar-refractivity contribution is 0.840. The van der Waals surface area contributed by atoms with E-state index in [1.165, 1.54) is 21.6 Å². The Morgan fingerprint density at radius 2 is 1.79 bits per heavy atom. The molecule has 0 unspecified atom stereocenters. The van der Waals surface area contributed by atoms with Crippen molar-refractivity contribution in [2.45, 2.75) is 34.6 Å². The SMILES string of the molecule is CC(C)=c1cncc/c1=C(/C)C(C)C. The van der Waals surface area contributed by atoms with Gasteiger partial charge in [-0.15, -0.1) is 0 Å². The van der Waals surface area contributed by atoms with E-state index in [0.29, 0.717) is 5.92 Å². The Kier molecular flexibility index (Phi) is 3.45. The Morgan fingerprint density at radius 1 is 1.14 bits per heavy atom. The van der Waals surface area contributed by atoms with E-state index in [0.717, 1.165) is 0 Å². The van der Waals surface area contributed by atoms with Gasteiger partial charge in [0.05, 0.1) is 0 Å². The van der Waals surface area contributed by atoms with Gasteiger partial charge in [-0.3, -0.25) is 4.98 Å². The Bertz CT molecular complexity index is 423. The van der Waals surface area contributed by atoms with E-state index in [2.05, 4.69) is 45.7 Å². The third kappa shape index (κ3) is 2.22. The van der Waals surface area contributed by atoms with Gasteiger partial charge < -0.3 is 0 Å². The predicted molar refractivity (Wildman–Crippen MR) is 62.2 cm³/mol. The number of aromatic nitrogens is 1. The van der Waals surface area contributed by atoms with Crippen molar-refractivity contribution in [2.75, 3.05) is 0 Å². The highest BCUT2D eigenvalue weighted by Gasteiger charge is 1.98. The quantitative estimate of drug-likeness (QED) is 0.659. The smallest absolute Gasteiger partial charge is 0.0345 e. The molecule has 0 aromatic carbocycles. The minimum absolute atomic E-state index is 0.593. The first-order valence-corrected chi connectivity index (χ1v) is 5.12. The first-order valence-electron chi connectivity index (χ1n) is 5.12. The largest absolute Gasteiger partial charge is 0.264 e. The standard InChI is InChI=1S/C13H19N/c1-9(2)11(5)12-6-7-14-8-13(12)10(3)4/h6-9H,1-5H3/b12-11+. The molecule has 1 aromatic rings. The molecule has 0 atom stereocenters. The summed E-state index contributed by atoms with van der Waals surface area (Å²) in [5, 5.41) is 2.62. The maximum atomic E-state index is 4.17. The number of hydrogen-bond acceptors (Lipinski definition) is 1. The van der Waals surface area contributed by atoms with Gasteiger partial charge in [-0.25, -0.2) is 0 Å². The average Bonchev–Trinajstić information content (AvgIpc) is 2.16. The fraction of sp³-hybridized carbons (Fsp3) is 0.462. The number of nitrogens with zero attached hydrogens (tertiary/aromatic N) is 1. The summed E-state index contributed by atoms with van der Waals surface area (Å²) in [6.07, 6.45) is 3.82. The molecular formula is C13H19N. The van der Waals surface area contributed by atoms with Gasteiger partial charge in [0, 0.05) is 12.4 Å². The summed E-state index contributed by atoms with van der Waals surface area (Å²) in [5.74, 6) is 0.593. The van der Waals surface area contributed by atoms with Crippen LogP contribution in [0.15, 0.2) is 18.5 Å². The molecule has 0 radical (unpaired) electrons. The maximum Gasteiger partial charge on any atom is 0.0345 e. The third-order valence-electron chi connectivity index (χ3n) is 2.65. The van der Waals surface area contributed by atoms with Crippen LogP contribution < -0.4 is 10.4 Å². The van der Waals surface area contributed by atoms with E-state index in [1.54, 1.807) is 0 Å². The molecule has 1 heterocycles. The highest BCUT2D eigenvalue weighted by atomic mass is 14.6. The number of rotatable bonds is 1. The summed E-state index contributed by atoms with van der Waals surface area (Å²) >= 11 is 0. The number of pyridine rings is 1. The molecule has 1 rings (SSSR count). The minimum Gasteiger partial charge on any atom is -0.264 e. The Balaban J connectivity index is 3.67. The molecule has 0 aliphatic carbocycles. The second-order valence-electron chi connectivity index (χ2n) is 4.26. The van der Waals surface area contributed by atoms with E-state index in [4.69, 9.17) is 0 Å². The van der Waals surface area contributed by atoms with Crippen LogP contribution in [0.25, 0.3) is 11.1 Å². The summed E-state index contributed by atoms with van der Waals surface area (Å²) < 4.78 is 0. The molecule has 1 aromatic heterocycles. The summed E-state index contributed by atoms with van der Waals surface area (Å²) in [6.45, 7) is 10.9. The van der Waals surface area contributed by atoms with Gasteiger partial charge in [0.15, 0.2) is 0 Å². The van der Waals surface area contributed by atoms with Crippen molar-refractivity contribution in [3.05, 3.63) is 28.9 Å². The fourth-order valence-corrected chi connectivity index (χ4v) is 1.45. The maximum absolute atomic E-state index is 4.17. The summed E-state index contributed by atoms with van der Waals surface area (Å²) in [7, 11) is 0. The zero-order valence-electron chi connectivity index (χ0n) is 9.76. The molecule has 0 fully saturated rings. The van der Waals surface area contributed by atoms with Crippen molar-refractivity contribution in [1.29, 1.82) is 0 Å². The van der Waals surface area contributed by atoms with Crippen molar-refractivity contribution in [3.8, 4) is 0 Å². The minimum atomic E-state index is 0.593. The van der Waals surface area contributed by atoms with Crippen LogP contribution >= 0.6 is 0 Å². The molecule has 0 amide bonds. The van der Waals surface area contributed by atoms with E-state index >= 15 is 0 Å². The molecule has 0 bridgehead atoms. The Hall–Kier alpha value is -1.11. The molecule has 0 saturated carbocycles. The van der Waals surface area contributed by atoms with Crippen LogP contribution in [0.4, 0.5) is 0 Å². The van der Waals surface area contributed by atoms with Gasteiger partial charge in [0.2, 0.25) is 0 Å². The molecule has 1 nitrogen and oxygen atoms in total. The molecular weight excluding hydrogens is 170 g/mol. The topological polar surface area (TPSA) is 12.9 Å². The molecule has 0 aliphatic heterocycles. The summed E-state index contributed by atoms with van der Waals surface area (Å²) in [4.78, 5) is 4.17. The lowest BCUT2D eigenvalue weighted by Crippen LogP contribution is -2.29. The van der Waals surface area contributed by atoms with Gasteiger partial charge in [-0.05, 0) is 43.2 Å². The molecule has 14 heavy (non-hydrogen) atoms.